The van der Waals surface area contributed by atoms with Crippen LogP contribution in [0, 0.1) is 0 Å². The van der Waals surface area contributed by atoms with Crippen LogP contribution in [0.1, 0.15) is 18.9 Å². The van der Waals surface area contributed by atoms with Crippen LogP contribution < -0.4 is 10.6 Å². The molecule has 1 saturated heterocycles. The average Bonchev–Trinajstić information content (AvgIpc) is 2.48. The summed E-state index contributed by atoms with van der Waals surface area (Å²) in [5.41, 5.74) is 0.983. The van der Waals surface area contributed by atoms with Gasteiger partial charge in [0.2, 0.25) is 11.8 Å². The molecule has 6 heteroatoms. The summed E-state index contributed by atoms with van der Waals surface area (Å²) >= 11 is 0. The standard InChI is InChI=1S/C16H23N3O2.ClH/c1-13-12-17-9-10-19(13)16(21)7-8-18-15(20)11-14-5-3-2-4-6-14;/h2-6,13,17H,7-12H2,1H3,(H,18,20);1H. The van der Waals surface area contributed by atoms with E-state index >= 15 is 0 Å². The molecule has 2 amide bonds. The molecule has 1 aliphatic heterocycles. The van der Waals surface area contributed by atoms with Gasteiger partial charge < -0.3 is 15.5 Å². The minimum absolute atomic E-state index is 0. The van der Waals surface area contributed by atoms with Gasteiger partial charge >= 0.3 is 0 Å². The molecule has 2 rings (SSSR count). The molecule has 2 N–H and O–H groups in total. The van der Waals surface area contributed by atoms with Crippen LogP contribution in [0.5, 0.6) is 0 Å². The SMILES string of the molecule is CC1CNCCN1C(=O)CCNC(=O)Cc1ccccc1.Cl. The number of nitrogens with zero attached hydrogens (tertiary/aromatic N) is 1. The maximum atomic E-state index is 12.1. The first-order valence-corrected chi connectivity index (χ1v) is 7.47. The van der Waals surface area contributed by atoms with Crippen LogP contribution in [0.2, 0.25) is 0 Å². The molecule has 0 spiro atoms. The van der Waals surface area contributed by atoms with Crippen molar-refractivity contribution in [3.8, 4) is 0 Å². The largest absolute Gasteiger partial charge is 0.355 e. The zero-order valence-electron chi connectivity index (χ0n) is 12.9. The summed E-state index contributed by atoms with van der Waals surface area (Å²) in [5.74, 6) is 0.0753. The van der Waals surface area contributed by atoms with Crippen LogP contribution in [-0.4, -0.2) is 48.9 Å². The Kier molecular flexibility index (Phi) is 7.91. The second kappa shape index (κ2) is 9.43. The Morgan fingerprint density at radius 2 is 2.05 bits per heavy atom. The minimum Gasteiger partial charge on any atom is -0.355 e. The molecule has 1 heterocycles. The highest BCUT2D eigenvalue weighted by Crippen LogP contribution is 2.04. The molecular formula is C16H24ClN3O2. The molecule has 0 aliphatic carbocycles. The molecule has 1 aromatic rings. The molecule has 1 aromatic carbocycles. The molecule has 122 valence electrons. The van der Waals surface area contributed by atoms with E-state index in [0.717, 1.165) is 25.2 Å². The van der Waals surface area contributed by atoms with Crippen LogP contribution in [-0.2, 0) is 16.0 Å². The Morgan fingerprint density at radius 3 is 2.73 bits per heavy atom. The van der Waals surface area contributed by atoms with E-state index in [0.29, 0.717) is 19.4 Å². The number of benzene rings is 1. The van der Waals surface area contributed by atoms with E-state index < -0.39 is 0 Å². The maximum Gasteiger partial charge on any atom is 0.224 e. The van der Waals surface area contributed by atoms with Crippen molar-refractivity contribution in [3.05, 3.63) is 35.9 Å². The van der Waals surface area contributed by atoms with Gasteiger partial charge in [-0.15, -0.1) is 12.4 Å². The van der Waals surface area contributed by atoms with Gasteiger partial charge in [0.1, 0.15) is 0 Å². The molecule has 0 radical (unpaired) electrons. The van der Waals surface area contributed by atoms with Gasteiger partial charge in [-0.05, 0) is 12.5 Å². The van der Waals surface area contributed by atoms with Gasteiger partial charge in [0, 0.05) is 38.6 Å². The zero-order valence-corrected chi connectivity index (χ0v) is 13.7. The van der Waals surface area contributed by atoms with E-state index in [1.165, 1.54) is 0 Å². The van der Waals surface area contributed by atoms with Gasteiger partial charge in [-0.25, -0.2) is 0 Å². The molecule has 0 aromatic heterocycles. The summed E-state index contributed by atoms with van der Waals surface area (Å²) in [6.45, 7) is 4.87. The van der Waals surface area contributed by atoms with Gasteiger partial charge in [-0.1, -0.05) is 30.3 Å². The first-order chi connectivity index (χ1) is 10.2. The minimum atomic E-state index is -0.0395. The Balaban J connectivity index is 0.00000242. The van der Waals surface area contributed by atoms with Crippen molar-refractivity contribution < 1.29 is 9.59 Å². The van der Waals surface area contributed by atoms with E-state index in [9.17, 15) is 9.59 Å². The number of halogens is 1. The summed E-state index contributed by atoms with van der Waals surface area (Å²) in [5, 5.41) is 6.07. The van der Waals surface area contributed by atoms with Gasteiger partial charge in [0.05, 0.1) is 6.42 Å². The lowest BCUT2D eigenvalue weighted by atomic mass is 10.1. The Bertz CT molecular complexity index is 482. The number of nitrogens with one attached hydrogen (secondary N) is 2. The fraction of sp³-hybridized carbons (Fsp3) is 0.500. The fourth-order valence-electron chi connectivity index (χ4n) is 2.51. The topological polar surface area (TPSA) is 61.4 Å². The van der Waals surface area contributed by atoms with Gasteiger partial charge in [0.15, 0.2) is 0 Å². The van der Waals surface area contributed by atoms with Crippen molar-refractivity contribution in [2.75, 3.05) is 26.2 Å². The van der Waals surface area contributed by atoms with Gasteiger partial charge in [0.25, 0.3) is 0 Å². The van der Waals surface area contributed by atoms with Crippen LogP contribution in [0.15, 0.2) is 30.3 Å². The third-order valence-corrected chi connectivity index (χ3v) is 3.69. The summed E-state index contributed by atoms with van der Waals surface area (Å²) in [6.07, 6.45) is 0.726. The monoisotopic (exact) mass is 325 g/mol. The van der Waals surface area contributed by atoms with E-state index in [2.05, 4.69) is 10.6 Å². The van der Waals surface area contributed by atoms with Crippen LogP contribution in [0.25, 0.3) is 0 Å². The Morgan fingerprint density at radius 1 is 1.32 bits per heavy atom. The highest BCUT2D eigenvalue weighted by Gasteiger charge is 2.22. The lowest BCUT2D eigenvalue weighted by Crippen LogP contribution is -2.52. The summed E-state index contributed by atoms with van der Waals surface area (Å²) in [7, 11) is 0. The van der Waals surface area contributed by atoms with E-state index in [1.807, 2.05) is 42.2 Å². The Hall–Kier alpha value is -1.59. The second-order valence-corrected chi connectivity index (χ2v) is 5.40. The fourth-order valence-corrected chi connectivity index (χ4v) is 2.51. The highest BCUT2D eigenvalue weighted by molar-refractivity contribution is 5.85. The van der Waals surface area contributed by atoms with Crippen molar-refractivity contribution in [1.29, 1.82) is 0 Å². The van der Waals surface area contributed by atoms with E-state index in [1.54, 1.807) is 0 Å². The number of hydrogen-bond acceptors (Lipinski definition) is 3. The van der Waals surface area contributed by atoms with E-state index in [-0.39, 0.29) is 30.3 Å². The van der Waals surface area contributed by atoms with E-state index in [4.69, 9.17) is 0 Å². The Labute approximate surface area is 137 Å². The maximum absolute atomic E-state index is 12.1. The highest BCUT2D eigenvalue weighted by atomic mass is 35.5. The van der Waals surface area contributed by atoms with Crippen LogP contribution >= 0.6 is 12.4 Å². The number of amides is 2. The molecule has 22 heavy (non-hydrogen) atoms. The van der Waals surface area contributed by atoms with Crippen LogP contribution in [0.3, 0.4) is 0 Å². The average molecular weight is 326 g/mol. The predicted molar refractivity (Wildman–Crippen MR) is 89.1 cm³/mol. The van der Waals surface area contributed by atoms with Crippen molar-refractivity contribution in [3.63, 3.8) is 0 Å². The van der Waals surface area contributed by atoms with Gasteiger partial charge in [-0.3, -0.25) is 9.59 Å². The third kappa shape index (κ3) is 5.66. The second-order valence-electron chi connectivity index (χ2n) is 5.40. The molecule has 0 bridgehead atoms. The molecule has 1 fully saturated rings. The number of rotatable bonds is 5. The number of hydrogen-bond donors (Lipinski definition) is 2. The molecule has 1 unspecified atom stereocenters. The van der Waals surface area contributed by atoms with Crippen LogP contribution in [0.4, 0.5) is 0 Å². The van der Waals surface area contributed by atoms with Crippen molar-refractivity contribution in [2.24, 2.45) is 0 Å². The van der Waals surface area contributed by atoms with Gasteiger partial charge in [-0.2, -0.15) is 0 Å². The summed E-state index contributed by atoms with van der Waals surface area (Å²) in [4.78, 5) is 25.8. The summed E-state index contributed by atoms with van der Waals surface area (Å²) < 4.78 is 0. The van der Waals surface area contributed by atoms with Crippen molar-refractivity contribution in [1.82, 2.24) is 15.5 Å². The summed E-state index contributed by atoms with van der Waals surface area (Å²) in [6, 6.07) is 9.83. The molecule has 0 saturated carbocycles. The number of carbonyl (C=O) groups excluding carboxylic acids is 2. The third-order valence-electron chi connectivity index (χ3n) is 3.69. The molecule has 1 atom stereocenters. The van der Waals surface area contributed by atoms with Crippen molar-refractivity contribution in [2.45, 2.75) is 25.8 Å². The normalized spacial score (nSPS) is 17.5. The lowest BCUT2D eigenvalue weighted by molar-refractivity contribution is -0.133. The smallest absolute Gasteiger partial charge is 0.224 e. The number of carbonyl (C=O) groups is 2. The molecule has 5 nitrogen and oxygen atoms in total. The first-order valence-electron chi connectivity index (χ1n) is 7.47. The van der Waals surface area contributed by atoms with Crippen molar-refractivity contribution >= 4 is 24.2 Å². The molecule has 1 aliphatic rings. The quantitative estimate of drug-likeness (QED) is 0.848. The predicted octanol–water partition coefficient (Wildman–Crippen LogP) is 0.978. The number of piperazine rings is 1. The molecular weight excluding hydrogens is 302 g/mol. The zero-order chi connectivity index (χ0) is 15.1. The lowest BCUT2D eigenvalue weighted by Gasteiger charge is -2.34. The first kappa shape index (κ1) is 18.5.